The summed E-state index contributed by atoms with van der Waals surface area (Å²) < 4.78 is 7.17. The molecule has 0 unspecified atom stereocenters. The zero-order chi connectivity index (χ0) is 20.1. The van der Waals surface area contributed by atoms with E-state index in [1.165, 1.54) is 5.56 Å². The lowest BCUT2D eigenvalue weighted by atomic mass is 9.91. The van der Waals surface area contributed by atoms with Crippen molar-refractivity contribution in [3.8, 4) is 5.75 Å². The highest BCUT2D eigenvalue weighted by atomic mass is 16.5. The van der Waals surface area contributed by atoms with E-state index in [2.05, 4.69) is 36.6 Å². The monoisotopic (exact) mass is 386 g/mol. The molecule has 1 amide bonds. The van der Waals surface area contributed by atoms with Crippen molar-refractivity contribution in [3.63, 3.8) is 0 Å². The Bertz CT molecular complexity index is 791. The number of benzene rings is 1. The molecule has 154 valence electrons. The van der Waals surface area contributed by atoms with Gasteiger partial charge in [0.15, 0.2) is 0 Å². The lowest BCUT2D eigenvalue weighted by molar-refractivity contribution is 0.231. The first-order chi connectivity index (χ1) is 13.5. The normalized spacial score (nSPS) is 19.9. The standard InChI is InChI=1S/C22H34N4O2/c1-5-23-17-6-8-18(9-7-17)24-22(27)26-15-16(12-13-25(2)3)20-14-19(28-4)10-11-21(20)26/h10-11,14-15,17-18,23H,5-9,12-13H2,1-4H3,(H,24,27). The number of aromatic nitrogens is 1. The first-order valence-electron chi connectivity index (χ1n) is 10.4. The summed E-state index contributed by atoms with van der Waals surface area (Å²) >= 11 is 0. The molecule has 1 aromatic heterocycles. The van der Waals surface area contributed by atoms with E-state index in [0.717, 1.165) is 61.8 Å². The second-order valence-electron chi connectivity index (χ2n) is 8.02. The second-order valence-corrected chi connectivity index (χ2v) is 8.02. The van der Waals surface area contributed by atoms with Crippen molar-refractivity contribution in [2.75, 3.05) is 34.3 Å². The Morgan fingerprint density at radius 1 is 1.21 bits per heavy atom. The van der Waals surface area contributed by atoms with Crippen molar-refractivity contribution in [1.82, 2.24) is 20.1 Å². The van der Waals surface area contributed by atoms with E-state index >= 15 is 0 Å². The summed E-state index contributed by atoms with van der Waals surface area (Å²) in [6.45, 7) is 4.09. The molecule has 0 atom stereocenters. The number of nitrogens with zero attached hydrogens (tertiary/aromatic N) is 2. The van der Waals surface area contributed by atoms with Crippen LogP contribution in [-0.4, -0.2) is 61.9 Å². The zero-order valence-electron chi connectivity index (χ0n) is 17.6. The Balaban J connectivity index is 1.77. The summed E-state index contributed by atoms with van der Waals surface area (Å²) in [5.74, 6) is 0.818. The Hall–Kier alpha value is -2.05. The minimum Gasteiger partial charge on any atom is -0.497 e. The quantitative estimate of drug-likeness (QED) is 0.767. The lowest BCUT2D eigenvalue weighted by Gasteiger charge is -2.29. The van der Waals surface area contributed by atoms with Crippen LogP contribution < -0.4 is 15.4 Å². The van der Waals surface area contributed by atoms with E-state index in [9.17, 15) is 4.79 Å². The summed E-state index contributed by atoms with van der Waals surface area (Å²) in [5.41, 5.74) is 2.11. The molecular weight excluding hydrogens is 352 g/mol. The van der Waals surface area contributed by atoms with Crippen molar-refractivity contribution >= 4 is 16.9 Å². The predicted molar refractivity (Wildman–Crippen MR) is 114 cm³/mol. The molecule has 1 aliphatic carbocycles. The average molecular weight is 387 g/mol. The van der Waals surface area contributed by atoms with Crippen LogP contribution in [0.3, 0.4) is 0 Å². The van der Waals surface area contributed by atoms with Crippen LogP contribution in [0.2, 0.25) is 0 Å². The molecule has 6 nitrogen and oxygen atoms in total. The summed E-state index contributed by atoms with van der Waals surface area (Å²) in [6.07, 6.45) is 7.19. The van der Waals surface area contributed by atoms with Gasteiger partial charge in [0, 0.05) is 30.2 Å². The Kier molecular flexibility index (Phi) is 6.97. The maximum atomic E-state index is 13.0. The minimum absolute atomic E-state index is 0.0295. The molecule has 2 aromatic rings. The van der Waals surface area contributed by atoms with Crippen LogP contribution in [0.15, 0.2) is 24.4 Å². The number of carbonyl (C=O) groups excluding carboxylic acids is 1. The van der Waals surface area contributed by atoms with Crippen LogP contribution in [0.25, 0.3) is 10.9 Å². The van der Waals surface area contributed by atoms with Crippen LogP contribution in [0.5, 0.6) is 5.75 Å². The molecule has 28 heavy (non-hydrogen) atoms. The highest BCUT2D eigenvalue weighted by Crippen LogP contribution is 2.27. The molecule has 1 heterocycles. The fourth-order valence-electron chi connectivity index (χ4n) is 4.09. The third-order valence-electron chi connectivity index (χ3n) is 5.69. The molecule has 0 saturated heterocycles. The molecular formula is C22H34N4O2. The van der Waals surface area contributed by atoms with Gasteiger partial charge in [-0.2, -0.15) is 0 Å². The van der Waals surface area contributed by atoms with E-state index in [4.69, 9.17) is 4.74 Å². The van der Waals surface area contributed by atoms with Gasteiger partial charge in [-0.1, -0.05) is 6.92 Å². The molecule has 1 aliphatic rings. The van der Waals surface area contributed by atoms with E-state index < -0.39 is 0 Å². The van der Waals surface area contributed by atoms with Crippen molar-refractivity contribution in [1.29, 1.82) is 0 Å². The van der Waals surface area contributed by atoms with Gasteiger partial charge in [-0.25, -0.2) is 4.79 Å². The van der Waals surface area contributed by atoms with E-state index in [-0.39, 0.29) is 12.1 Å². The van der Waals surface area contributed by atoms with Crippen molar-refractivity contribution in [2.45, 2.75) is 51.1 Å². The highest BCUT2D eigenvalue weighted by molar-refractivity contribution is 5.94. The van der Waals surface area contributed by atoms with Gasteiger partial charge in [0.25, 0.3) is 0 Å². The number of likely N-dealkylation sites (N-methyl/N-ethyl adjacent to an activating group) is 1. The Morgan fingerprint density at radius 3 is 2.57 bits per heavy atom. The van der Waals surface area contributed by atoms with Gasteiger partial charge in [0.1, 0.15) is 5.75 Å². The van der Waals surface area contributed by atoms with Gasteiger partial charge >= 0.3 is 6.03 Å². The van der Waals surface area contributed by atoms with Crippen molar-refractivity contribution in [2.24, 2.45) is 0 Å². The second kappa shape index (κ2) is 9.43. The van der Waals surface area contributed by atoms with Gasteiger partial charge in [-0.05, 0) is 76.5 Å². The topological polar surface area (TPSA) is 58.5 Å². The number of amides is 1. The first kappa shape index (κ1) is 20.7. The predicted octanol–water partition coefficient (Wildman–Crippen LogP) is 3.23. The lowest BCUT2D eigenvalue weighted by Crippen LogP contribution is -2.43. The van der Waals surface area contributed by atoms with E-state index in [1.54, 1.807) is 11.7 Å². The van der Waals surface area contributed by atoms with Gasteiger partial charge in [0.2, 0.25) is 0 Å². The number of carbonyl (C=O) groups is 1. The molecule has 3 rings (SSSR count). The first-order valence-corrected chi connectivity index (χ1v) is 10.4. The summed E-state index contributed by atoms with van der Waals surface area (Å²) in [4.78, 5) is 15.2. The molecule has 1 saturated carbocycles. The minimum atomic E-state index is -0.0295. The number of fused-ring (bicyclic) bond motifs is 1. The molecule has 0 bridgehead atoms. The van der Waals surface area contributed by atoms with Crippen LogP contribution in [0.4, 0.5) is 4.79 Å². The van der Waals surface area contributed by atoms with Crippen LogP contribution in [0.1, 0.15) is 38.2 Å². The van der Waals surface area contributed by atoms with Gasteiger partial charge in [-0.3, -0.25) is 4.57 Å². The summed E-state index contributed by atoms with van der Waals surface area (Å²) in [5, 5.41) is 7.86. The fraction of sp³-hybridized carbons (Fsp3) is 0.591. The van der Waals surface area contributed by atoms with Gasteiger partial charge in [-0.15, -0.1) is 0 Å². The maximum absolute atomic E-state index is 13.0. The molecule has 0 aliphatic heterocycles. The molecule has 1 fully saturated rings. The Labute approximate surface area is 168 Å². The zero-order valence-corrected chi connectivity index (χ0v) is 17.6. The summed E-state index contributed by atoms with van der Waals surface area (Å²) in [6, 6.07) is 6.75. The smallest absolute Gasteiger partial charge is 0.326 e. The third-order valence-corrected chi connectivity index (χ3v) is 5.69. The molecule has 1 aromatic carbocycles. The number of rotatable bonds is 7. The van der Waals surface area contributed by atoms with Crippen LogP contribution in [-0.2, 0) is 6.42 Å². The number of nitrogens with one attached hydrogen (secondary N) is 2. The maximum Gasteiger partial charge on any atom is 0.326 e. The van der Waals surface area contributed by atoms with Crippen LogP contribution in [0, 0.1) is 0 Å². The molecule has 2 N–H and O–H groups in total. The molecule has 0 spiro atoms. The third kappa shape index (κ3) is 4.86. The Morgan fingerprint density at radius 2 is 1.93 bits per heavy atom. The number of hydrogen-bond acceptors (Lipinski definition) is 4. The van der Waals surface area contributed by atoms with E-state index in [1.807, 2.05) is 24.4 Å². The van der Waals surface area contributed by atoms with E-state index in [0.29, 0.717) is 6.04 Å². The molecule has 0 radical (unpaired) electrons. The number of hydrogen-bond donors (Lipinski definition) is 2. The van der Waals surface area contributed by atoms with Crippen LogP contribution >= 0.6 is 0 Å². The largest absolute Gasteiger partial charge is 0.497 e. The van der Waals surface area contributed by atoms with Gasteiger partial charge in [0.05, 0.1) is 12.6 Å². The molecule has 6 heteroatoms. The SMILES string of the molecule is CCNC1CCC(NC(=O)n2cc(CCN(C)C)c3cc(OC)ccc32)CC1. The number of methoxy groups -OCH3 is 1. The van der Waals surface area contributed by atoms with Gasteiger partial charge < -0.3 is 20.3 Å². The fourth-order valence-corrected chi connectivity index (χ4v) is 4.09. The highest BCUT2D eigenvalue weighted by Gasteiger charge is 2.23. The average Bonchev–Trinajstić information content (AvgIpc) is 3.06. The summed E-state index contributed by atoms with van der Waals surface area (Å²) in [7, 11) is 5.81. The van der Waals surface area contributed by atoms with Crippen molar-refractivity contribution in [3.05, 3.63) is 30.0 Å². The number of ether oxygens (including phenoxy) is 1. The van der Waals surface area contributed by atoms with Crippen molar-refractivity contribution < 1.29 is 9.53 Å².